The van der Waals surface area contributed by atoms with Crippen molar-refractivity contribution in [2.24, 2.45) is 0 Å². The predicted molar refractivity (Wildman–Crippen MR) is 114 cm³/mol. The molecular weight excluding hydrogens is 376 g/mol. The molecule has 0 spiro atoms. The van der Waals surface area contributed by atoms with Gasteiger partial charge in [0, 0.05) is 11.7 Å². The van der Waals surface area contributed by atoms with Gasteiger partial charge in [-0.2, -0.15) is 0 Å². The number of hydrogen-bond donors (Lipinski definition) is 1. The lowest BCUT2D eigenvalue weighted by Gasteiger charge is -2.13. The van der Waals surface area contributed by atoms with E-state index in [4.69, 9.17) is 0 Å². The number of aromatic nitrogens is 3. The summed E-state index contributed by atoms with van der Waals surface area (Å²) in [5.41, 5.74) is 2.07. The van der Waals surface area contributed by atoms with Gasteiger partial charge in [0.25, 0.3) is 0 Å². The van der Waals surface area contributed by atoms with Crippen molar-refractivity contribution in [1.82, 2.24) is 14.8 Å². The average Bonchev–Trinajstić information content (AvgIpc) is 3.29. The molecule has 0 saturated carbocycles. The third-order valence-corrected chi connectivity index (χ3v) is 5.92. The fourth-order valence-corrected chi connectivity index (χ4v) is 4.27. The first-order valence-electron chi connectivity index (χ1n) is 8.97. The maximum absolute atomic E-state index is 12.3. The highest BCUT2D eigenvalue weighted by molar-refractivity contribution is 7.99. The molecule has 1 amide bonds. The molecule has 0 fully saturated rings. The van der Waals surface area contributed by atoms with Crippen LogP contribution in [0.2, 0.25) is 0 Å². The van der Waals surface area contributed by atoms with Gasteiger partial charge in [-0.15, -0.1) is 21.5 Å². The molecule has 0 aliphatic carbocycles. The molecule has 0 radical (unpaired) electrons. The number of thiophene rings is 1. The van der Waals surface area contributed by atoms with Crippen LogP contribution in [0.25, 0.3) is 10.7 Å². The molecule has 7 heteroatoms. The fourth-order valence-electron chi connectivity index (χ4n) is 2.69. The number of thioether (sulfide) groups is 1. The first-order valence-corrected chi connectivity index (χ1v) is 10.8. The molecule has 3 rings (SSSR count). The third-order valence-electron chi connectivity index (χ3n) is 4.12. The molecule has 0 aliphatic heterocycles. The Morgan fingerprint density at radius 1 is 1.15 bits per heavy atom. The first-order chi connectivity index (χ1) is 13.0. The van der Waals surface area contributed by atoms with Crippen LogP contribution < -0.4 is 5.32 Å². The van der Waals surface area contributed by atoms with Gasteiger partial charge in [-0.1, -0.05) is 43.8 Å². The van der Waals surface area contributed by atoms with Gasteiger partial charge in [-0.3, -0.25) is 9.36 Å². The number of nitrogens with zero attached hydrogens (tertiary/aromatic N) is 3. The monoisotopic (exact) mass is 400 g/mol. The number of amides is 1. The Labute approximate surface area is 168 Å². The highest BCUT2D eigenvalue weighted by atomic mass is 32.2. The van der Waals surface area contributed by atoms with E-state index in [0.717, 1.165) is 21.5 Å². The van der Waals surface area contributed by atoms with Crippen LogP contribution in [0.15, 0.2) is 46.9 Å². The normalized spacial score (nSPS) is 11.3. The average molecular weight is 401 g/mol. The van der Waals surface area contributed by atoms with E-state index in [1.54, 1.807) is 11.3 Å². The van der Waals surface area contributed by atoms with Crippen LogP contribution in [0, 0.1) is 0 Å². The Bertz CT molecular complexity index is 883. The second-order valence-corrected chi connectivity index (χ2v) is 8.75. The highest BCUT2D eigenvalue weighted by Gasteiger charge is 2.18. The molecular formula is C20H24N4OS2. The zero-order chi connectivity index (χ0) is 19.4. The SMILES string of the molecule is CC(C)c1ccc(NC(=O)CSc2nnc(-c3cccs3)n2C(C)C)cc1. The Morgan fingerprint density at radius 2 is 1.89 bits per heavy atom. The predicted octanol–water partition coefficient (Wildman–Crippen LogP) is 5.44. The van der Waals surface area contributed by atoms with Gasteiger partial charge in [0.15, 0.2) is 11.0 Å². The maximum atomic E-state index is 12.3. The topological polar surface area (TPSA) is 59.8 Å². The first kappa shape index (κ1) is 19.6. The fraction of sp³-hybridized carbons (Fsp3) is 0.350. The van der Waals surface area contributed by atoms with Gasteiger partial charge < -0.3 is 5.32 Å². The number of carbonyl (C=O) groups excluding carboxylic acids is 1. The second-order valence-electron chi connectivity index (χ2n) is 6.86. The quantitative estimate of drug-likeness (QED) is 0.536. The lowest BCUT2D eigenvalue weighted by Crippen LogP contribution is -2.15. The molecule has 0 saturated heterocycles. The van der Waals surface area contributed by atoms with Crippen molar-refractivity contribution in [2.75, 3.05) is 11.1 Å². The van der Waals surface area contributed by atoms with Gasteiger partial charge in [-0.05, 0) is 48.9 Å². The van der Waals surface area contributed by atoms with E-state index in [2.05, 4.69) is 59.9 Å². The highest BCUT2D eigenvalue weighted by Crippen LogP contribution is 2.30. The number of rotatable bonds is 7. The minimum Gasteiger partial charge on any atom is -0.325 e. The number of nitrogens with one attached hydrogen (secondary N) is 1. The van der Waals surface area contributed by atoms with Crippen LogP contribution in [0.5, 0.6) is 0 Å². The molecule has 0 unspecified atom stereocenters. The molecule has 5 nitrogen and oxygen atoms in total. The molecule has 2 aromatic heterocycles. The molecule has 0 atom stereocenters. The third kappa shape index (κ3) is 4.78. The van der Waals surface area contributed by atoms with Gasteiger partial charge >= 0.3 is 0 Å². The summed E-state index contributed by atoms with van der Waals surface area (Å²) >= 11 is 3.05. The molecule has 1 aromatic carbocycles. The summed E-state index contributed by atoms with van der Waals surface area (Å²) in [7, 11) is 0. The number of benzene rings is 1. The van der Waals surface area contributed by atoms with Crippen LogP contribution >= 0.6 is 23.1 Å². The summed E-state index contributed by atoms with van der Waals surface area (Å²) in [6.45, 7) is 8.50. The van der Waals surface area contributed by atoms with Gasteiger partial charge in [0.1, 0.15) is 0 Å². The van der Waals surface area contributed by atoms with Crippen molar-refractivity contribution in [3.63, 3.8) is 0 Å². The van der Waals surface area contributed by atoms with Crippen LogP contribution in [0.1, 0.15) is 45.2 Å². The molecule has 0 aliphatic rings. The molecule has 0 bridgehead atoms. The van der Waals surface area contributed by atoms with Crippen molar-refractivity contribution in [1.29, 1.82) is 0 Å². The summed E-state index contributed by atoms with van der Waals surface area (Å²) in [5, 5.41) is 14.4. The summed E-state index contributed by atoms with van der Waals surface area (Å²) in [4.78, 5) is 13.4. The smallest absolute Gasteiger partial charge is 0.234 e. The van der Waals surface area contributed by atoms with E-state index < -0.39 is 0 Å². The maximum Gasteiger partial charge on any atom is 0.234 e. The van der Waals surface area contributed by atoms with E-state index in [0.29, 0.717) is 11.7 Å². The summed E-state index contributed by atoms with van der Waals surface area (Å²) in [5.74, 6) is 1.58. The lowest BCUT2D eigenvalue weighted by molar-refractivity contribution is -0.113. The lowest BCUT2D eigenvalue weighted by atomic mass is 10.0. The van der Waals surface area contributed by atoms with Gasteiger partial charge in [-0.25, -0.2) is 0 Å². The minimum atomic E-state index is -0.0479. The van der Waals surface area contributed by atoms with Crippen LogP contribution in [-0.2, 0) is 4.79 Å². The molecule has 1 N–H and O–H groups in total. The number of hydrogen-bond acceptors (Lipinski definition) is 5. The van der Waals surface area contributed by atoms with Crippen LogP contribution in [0.4, 0.5) is 5.69 Å². The van der Waals surface area contributed by atoms with E-state index in [9.17, 15) is 4.79 Å². The molecule has 142 valence electrons. The van der Waals surface area contributed by atoms with E-state index in [1.165, 1.54) is 17.3 Å². The zero-order valence-electron chi connectivity index (χ0n) is 16.0. The van der Waals surface area contributed by atoms with Crippen molar-refractivity contribution in [3.05, 3.63) is 47.3 Å². The molecule has 3 aromatic rings. The van der Waals surface area contributed by atoms with E-state index >= 15 is 0 Å². The minimum absolute atomic E-state index is 0.0479. The number of carbonyl (C=O) groups is 1. The van der Waals surface area contributed by atoms with Gasteiger partial charge in [0.05, 0.1) is 10.6 Å². The Morgan fingerprint density at radius 3 is 2.48 bits per heavy atom. The Hall–Kier alpha value is -2.12. The van der Waals surface area contributed by atoms with E-state index in [1.807, 2.05) is 29.6 Å². The Balaban J connectivity index is 1.65. The summed E-state index contributed by atoms with van der Waals surface area (Å²) < 4.78 is 2.08. The van der Waals surface area contributed by atoms with E-state index in [-0.39, 0.29) is 11.9 Å². The number of anilines is 1. The van der Waals surface area contributed by atoms with Crippen molar-refractivity contribution in [3.8, 4) is 10.7 Å². The van der Waals surface area contributed by atoms with Crippen molar-refractivity contribution in [2.45, 2.75) is 44.8 Å². The second kappa shape index (κ2) is 8.71. The van der Waals surface area contributed by atoms with Gasteiger partial charge in [0.2, 0.25) is 5.91 Å². The van der Waals surface area contributed by atoms with Crippen LogP contribution in [0.3, 0.4) is 0 Å². The Kier molecular flexibility index (Phi) is 6.34. The largest absolute Gasteiger partial charge is 0.325 e. The van der Waals surface area contributed by atoms with Crippen molar-refractivity contribution >= 4 is 34.7 Å². The molecule has 2 heterocycles. The summed E-state index contributed by atoms with van der Waals surface area (Å²) in [6, 6.07) is 12.3. The van der Waals surface area contributed by atoms with Crippen LogP contribution in [-0.4, -0.2) is 26.4 Å². The molecule has 27 heavy (non-hydrogen) atoms. The summed E-state index contributed by atoms with van der Waals surface area (Å²) in [6.07, 6.45) is 0. The van der Waals surface area contributed by atoms with Crippen molar-refractivity contribution < 1.29 is 4.79 Å². The standard InChI is InChI=1S/C20H24N4OS2/c1-13(2)15-7-9-16(10-8-15)21-18(25)12-27-20-23-22-19(24(20)14(3)4)17-6-5-11-26-17/h5-11,13-14H,12H2,1-4H3,(H,21,25). The zero-order valence-corrected chi connectivity index (χ0v) is 17.6.